The van der Waals surface area contributed by atoms with Crippen LogP contribution in [0.15, 0.2) is 36.8 Å². The number of aliphatic hydroxyl groups is 1. The first-order valence-corrected chi connectivity index (χ1v) is 10.8. The Kier molecular flexibility index (Phi) is 5.61. The van der Waals surface area contributed by atoms with Crippen molar-refractivity contribution in [1.82, 2.24) is 19.5 Å². The van der Waals surface area contributed by atoms with Gasteiger partial charge in [0, 0.05) is 18.6 Å². The second-order valence-corrected chi connectivity index (χ2v) is 8.41. The largest absolute Gasteiger partial charge is 0.527 e. The number of benzene rings is 1. The van der Waals surface area contributed by atoms with Gasteiger partial charge in [-0.05, 0) is 36.6 Å². The molecule has 11 nitrogen and oxygen atoms in total. The zero-order chi connectivity index (χ0) is 21.3. The first-order chi connectivity index (χ1) is 14.4. The molecule has 160 valence electrons. The Bertz CT molecular complexity index is 1070. The molecule has 1 aliphatic rings. The third kappa shape index (κ3) is 4.10. The highest BCUT2D eigenvalue weighted by Gasteiger charge is 2.43. The summed E-state index contributed by atoms with van der Waals surface area (Å²) < 4.78 is 29.4. The summed E-state index contributed by atoms with van der Waals surface area (Å²) in [6, 6.07) is 6.17. The van der Waals surface area contributed by atoms with Gasteiger partial charge in [0.05, 0.1) is 26.2 Å². The smallest absolute Gasteiger partial charge is 0.497 e. The minimum absolute atomic E-state index is 0.0323. The number of nitrogens with zero attached hydrogens (tertiary/aromatic N) is 4. The van der Waals surface area contributed by atoms with Gasteiger partial charge in [0.1, 0.15) is 17.0 Å². The summed E-state index contributed by atoms with van der Waals surface area (Å²) >= 11 is 0. The van der Waals surface area contributed by atoms with Crippen LogP contribution in [0.3, 0.4) is 0 Å². The number of hydrogen-bond donors (Lipinski definition) is 3. The predicted octanol–water partition coefficient (Wildman–Crippen LogP) is 1.78. The summed E-state index contributed by atoms with van der Waals surface area (Å²) in [6.07, 6.45) is 3.79. The van der Waals surface area contributed by atoms with E-state index in [1.807, 2.05) is 4.57 Å². The molecule has 1 fully saturated rings. The van der Waals surface area contributed by atoms with Crippen molar-refractivity contribution in [2.45, 2.75) is 12.5 Å². The molecule has 12 heteroatoms. The lowest BCUT2D eigenvalue weighted by molar-refractivity contribution is -0.00487. The lowest BCUT2D eigenvalue weighted by Gasteiger charge is -2.44. The van der Waals surface area contributed by atoms with E-state index in [2.05, 4.69) is 15.0 Å². The summed E-state index contributed by atoms with van der Waals surface area (Å²) in [6.45, 7) is -0.149. The van der Waals surface area contributed by atoms with E-state index >= 15 is 0 Å². The first-order valence-electron chi connectivity index (χ1n) is 9.27. The minimum atomic E-state index is -4.31. The SMILES string of the molecule is COc1ccc(OP(=O)(O)OC[C@H]2C[C@@H](n3cnc4cnc(N)nc43)[C@H]2CO)cc1. The van der Waals surface area contributed by atoms with E-state index in [1.165, 1.54) is 19.2 Å². The monoisotopic (exact) mass is 435 g/mol. The van der Waals surface area contributed by atoms with Crippen LogP contribution in [-0.4, -0.2) is 49.8 Å². The number of hydrogen-bond acceptors (Lipinski definition) is 9. The van der Waals surface area contributed by atoms with Crippen LogP contribution in [0.2, 0.25) is 0 Å². The summed E-state index contributed by atoms with van der Waals surface area (Å²) in [4.78, 5) is 22.4. The van der Waals surface area contributed by atoms with E-state index < -0.39 is 7.82 Å². The van der Waals surface area contributed by atoms with Gasteiger partial charge in [-0.15, -0.1) is 0 Å². The van der Waals surface area contributed by atoms with Gasteiger partial charge >= 0.3 is 7.82 Å². The molecular weight excluding hydrogens is 413 g/mol. The van der Waals surface area contributed by atoms with Gasteiger partial charge < -0.3 is 24.7 Å². The van der Waals surface area contributed by atoms with E-state index in [0.29, 0.717) is 23.3 Å². The van der Waals surface area contributed by atoms with Crippen LogP contribution in [0.4, 0.5) is 5.95 Å². The molecule has 0 saturated heterocycles. The first kappa shape index (κ1) is 20.5. The number of aromatic nitrogens is 4. The van der Waals surface area contributed by atoms with Gasteiger partial charge in [-0.25, -0.2) is 14.5 Å². The Labute approximate surface area is 172 Å². The zero-order valence-corrected chi connectivity index (χ0v) is 17.1. The Morgan fingerprint density at radius 3 is 2.70 bits per heavy atom. The molecule has 4 N–H and O–H groups in total. The molecule has 0 spiro atoms. The summed E-state index contributed by atoms with van der Waals surface area (Å²) in [5.41, 5.74) is 6.86. The molecule has 0 bridgehead atoms. The fourth-order valence-corrected chi connectivity index (χ4v) is 4.45. The van der Waals surface area contributed by atoms with Gasteiger partial charge in [0.2, 0.25) is 5.95 Å². The number of nitrogens with two attached hydrogens (primary N) is 1. The maximum Gasteiger partial charge on any atom is 0.527 e. The maximum absolute atomic E-state index is 12.3. The van der Waals surface area contributed by atoms with E-state index in [4.69, 9.17) is 19.5 Å². The fraction of sp³-hybridized carbons (Fsp3) is 0.389. The second-order valence-electron chi connectivity index (χ2n) is 7.03. The number of phosphoric ester groups is 1. The number of anilines is 1. The maximum atomic E-state index is 12.3. The number of nitrogen functional groups attached to an aromatic ring is 1. The van der Waals surface area contributed by atoms with Crippen LogP contribution < -0.4 is 15.0 Å². The topological polar surface area (TPSA) is 155 Å². The molecule has 0 amide bonds. The molecule has 3 aromatic rings. The number of aliphatic hydroxyl groups excluding tert-OH is 1. The number of imidazole rings is 1. The van der Waals surface area contributed by atoms with Crippen LogP contribution in [0.1, 0.15) is 12.5 Å². The summed E-state index contributed by atoms with van der Waals surface area (Å²) in [7, 11) is -2.79. The van der Waals surface area contributed by atoms with Crippen molar-refractivity contribution in [3.05, 3.63) is 36.8 Å². The number of rotatable bonds is 8. The molecule has 4 atom stereocenters. The van der Waals surface area contributed by atoms with Crippen LogP contribution in [0.25, 0.3) is 11.2 Å². The van der Waals surface area contributed by atoms with Crippen molar-refractivity contribution in [1.29, 1.82) is 0 Å². The third-order valence-corrected chi connectivity index (χ3v) is 6.20. The average molecular weight is 435 g/mol. The average Bonchev–Trinajstić information content (AvgIpc) is 3.10. The quantitative estimate of drug-likeness (QED) is 0.446. The van der Waals surface area contributed by atoms with Gasteiger partial charge in [0.15, 0.2) is 5.65 Å². The molecule has 2 aromatic heterocycles. The van der Waals surface area contributed by atoms with Crippen LogP contribution in [0.5, 0.6) is 11.5 Å². The number of ether oxygens (including phenoxy) is 1. The molecule has 0 aliphatic heterocycles. The Morgan fingerprint density at radius 1 is 1.27 bits per heavy atom. The van der Waals surface area contributed by atoms with E-state index in [9.17, 15) is 14.6 Å². The van der Waals surface area contributed by atoms with E-state index in [1.54, 1.807) is 24.7 Å². The molecule has 1 aromatic carbocycles. The molecule has 0 radical (unpaired) electrons. The Balaban J connectivity index is 1.38. The van der Waals surface area contributed by atoms with E-state index in [-0.39, 0.29) is 42.8 Å². The van der Waals surface area contributed by atoms with Crippen molar-refractivity contribution in [3.63, 3.8) is 0 Å². The van der Waals surface area contributed by atoms with E-state index in [0.717, 1.165) is 0 Å². The number of methoxy groups -OCH3 is 1. The highest BCUT2D eigenvalue weighted by atomic mass is 31.2. The third-order valence-electron chi connectivity index (χ3n) is 5.28. The zero-order valence-electron chi connectivity index (χ0n) is 16.2. The molecule has 4 rings (SSSR count). The van der Waals surface area contributed by atoms with Gasteiger partial charge in [0.25, 0.3) is 0 Å². The lowest BCUT2D eigenvalue weighted by atomic mass is 9.70. The Hall–Kier alpha value is -2.72. The van der Waals surface area contributed by atoms with Gasteiger partial charge in [-0.3, -0.25) is 9.42 Å². The molecule has 2 heterocycles. The van der Waals surface area contributed by atoms with Crippen molar-refractivity contribution >= 4 is 24.9 Å². The van der Waals surface area contributed by atoms with Crippen molar-refractivity contribution in [2.75, 3.05) is 26.1 Å². The van der Waals surface area contributed by atoms with Gasteiger partial charge in [-0.1, -0.05) is 0 Å². The summed E-state index contributed by atoms with van der Waals surface area (Å²) in [5.74, 6) is 0.604. The highest BCUT2D eigenvalue weighted by molar-refractivity contribution is 7.47. The molecule has 30 heavy (non-hydrogen) atoms. The highest BCUT2D eigenvalue weighted by Crippen LogP contribution is 2.49. The standard InChI is InChI=1S/C18H22N5O6P/c1-27-12-2-4-13(5-3-12)29-30(25,26)28-9-11-6-16(14(11)8-24)23-10-21-15-7-20-18(19)22-17(15)23/h2-5,7,10-11,14,16,24H,6,8-9H2,1H3,(H,25,26)(H2,19,20,22)/t11-,14+,16-/m1/s1. The van der Waals surface area contributed by atoms with Gasteiger partial charge in [-0.2, -0.15) is 4.98 Å². The number of fused-ring (bicyclic) bond motifs is 1. The van der Waals surface area contributed by atoms with Crippen molar-refractivity contribution in [3.8, 4) is 11.5 Å². The van der Waals surface area contributed by atoms with Crippen LogP contribution >= 0.6 is 7.82 Å². The normalized spacial score (nSPS) is 23.0. The van der Waals surface area contributed by atoms with Crippen LogP contribution in [0, 0.1) is 11.8 Å². The lowest BCUT2D eigenvalue weighted by Crippen LogP contribution is -2.42. The number of phosphoric acid groups is 1. The fourth-order valence-electron chi connectivity index (χ4n) is 3.63. The Morgan fingerprint density at radius 2 is 2.00 bits per heavy atom. The van der Waals surface area contributed by atoms with Crippen molar-refractivity contribution in [2.24, 2.45) is 11.8 Å². The van der Waals surface area contributed by atoms with Crippen molar-refractivity contribution < 1.29 is 28.3 Å². The molecular formula is C18H22N5O6P. The molecule has 1 saturated carbocycles. The summed E-state index contributed by atoms with van der Waals surface area (Å²) in [5, 5.41) is 9.84. The molecule has 1 aliphatic carbocycles. The van der Waals surface area contributed by atoms with Crippen LogP contribution in [-0.2, 0) is 9.09 Å². The minimum Gasteiger partial charge on any atom is -0.497 e. The second kappa shape index (κ2) is 8.19. The predicted molar refractivity (Wildman–Crippen MR) is 107 cm³/mol. The molecule has 1 unspecified atom stereocenters.